The lowest BCUT2D eigenvalue weighted by Crippen LogP contribution is -2.34. The quantitative estimate of drug-likeness (QED) is 0.563. The molecule has 1 amide bonds. The lowest BCUT2D eigenvalue weighted by atomic mass is 9.97. The molecule has 1 saturated heterocycles. The van der Waals surface area contributed by atoms with Crippen LogP contribution >= 0.6 is 0 Å². The molecule has 0 N–H and O–H groups in total. The number of rotatable bonds is 2. The Morgan fingerprint density at radius 3 is 2.67 bits per heavy atom. The third-order valence-electron chi connectivity index (χ3n) is 2.27. The van der Waals surface area contributed by atoms with Crippen molar-refractivity contribution in [2.45, 2.75) is 6.92 Å². The van der Waals surface area contributed by atoms with E-state index in [9.17, 15) is 4.79 Å². The van der Waals surface area contributed by atoms with Crippen molar-refractivity contribution in [2.75, 3.05) is 27.4 Å². The maximum Gasteiger partial charge on any atom is 0.251 e. The zero-order chi connectivity index (χ0) is 9.14. The van der Waals surface area contributed by atoms with E-state index in [0.29, 0.717) is 19.1 Å². The minimum absolute atomic E-state index is 0.00231. The lowest BCUT2D eigenvalue weighted by molar-refractivity contribution is -0.174. The van der Waals surface area contributed by atoms with Crippen LogP contribution in [0, 0.1) is 11.8 Å². The second-order valence-corrected chi connectivity index (χ2v) is 3.14. The van der Waals surface area contributed by atoms with Gasteiger partial charge in [-0.25, -0.2) is 5.06 Å². The Bertz CT molecular complexity index is 172. The third-order valence-corrected chi connectivity index (χ3v) is 2.27. The minimum atomic E-state index is -0.0325. The molecule has 0 aromatic carbocycles. The first-order valence-electron chi connectivity index (χ1n) is 4.06. The van der Waals surface area contributed by atoms with Crippen LogP contribution in [0.2, 0.25) is 0 Å². The van der Waals surface area contributed by atoms with Crippen molar-refractivity contribution in [3.05, 3.63) is 0 Å². The summed E-state index contributed by atoms with van der Waals surface area (Å²) in [6, 6.07) is 0. The summed E-state index contributed by atoms with van der Waals surface area (Å²) in [7, 11) is 3.10. The number of hydrogen-bond donors (Lipinski definition) is 0. The zero-order valence-corrected chi connectivity index (χ0v) is 7.74. The highest BCUT2D eigenvalue weighted by Crippen LogP contribution is 2.21. The summed E-state index contributed by atoms with van der Waals surface area (Å²) in [5, 5.41) is 1.26. The summed E-state index contributed by atoms with van der Waals surface area (Å²) < 4.78 is 5.18. The van der Waals surface area contributed by atoms with E-state index >= 15 is 0 Å². The van der Waals surface area contributed by atoms with E-state index in [2.05, 4.69) is 0 Å². The lowest BCUT2D eigenvalue weighted by Gasteiger charge is -2.19. The van der Waals surface area contributed by atoms with E-state index in [-0.39, 0.29) is 11.8 Å². The maximum absolute atomic E-state index is 11.5. The first-order valence-corrected chi connectivity index (χ1v) is 4.06. The van der Waals surface area contributed by atoms with Crippen molar-refractivity contribution in [3.8, 4) is 0 Å². The third kappa shape index (κ3) is 1.76. The predicted molar refractivity (Wildman–Crippen MR) is 43.3 cm³/mol. The van der Waals surface area contributed by atoms with Crippen LogP contribution in [0.4, 0.5) is 0 Å². The van der Waals surface area contributed by atoms with Gasteiger partial charge in [-0.05, 0) is 5.92 Å². The Hall–Kier alpha value is -0.610. The fourth-order valence-electron chi connectivity index (χ4n) is 1.30. The first-order chi connectivity index (χ1) is 5.66. The number of carbonyl (C=O) groups excluding carboxylic acids is 1. The number of hydrogen-bond acceptors (Lipinski definition) is 3. The van der Waals surface area contributed by atoms with Gasteiger partial charge in [0.15, 0.2) is 0 Å². The van der Waals surface area contributed by atoms with Crippen LogP contribution in [0.15, 0.2) is 0 Å². The molecule has 0 aromatic rings. The smallest absolute Gasteiger partial charge is 0.251 e. The molecule has 1 heterocycles. The van der Waals surface area contributed by atoms with Crippen LogP contribution < -0.4 is 0 Å². The summed E-state index contributed by atoms with van der Waals surface area (Å²) in [6.07, 6.45) is 0. The number of ether oxygens (including phenoxy) is 1. The zero-order valence-electron chi connectivity index (χ0n) is 7.74. The second kappa shape index (κ2) is 3.87. The van der Waals surface area contributed by atoms with Gasteiger partial charge in [-0.3, -0.25) is 9.63 Å². The second-order valence-electron chi connectivity index (χ2n) is 3.14. The van der Waals surface area contributed by atoms with Crippen molar-refractivity contribution in [1.82, 2.24) is 5.06 Å². The predicted octanol–water partition coefficient (Wildman–Crippen LogP) is 0.289. The van der Waals surface area contributed by atoms with Crippen molar-refractivity contribution in [2.24, 2.45) is 11.8 Å². The highest BCUT2D eigenvalue weighted by atomic mass is 16.7. The first kappa shape index (κ1) is 9.48. The van der Waals surface area contributed by atoms with Gasteiger partial charge in [-0.1, -0.05) is 6.92 Å². The molecule has 12 heavy (non-hydrogen) atoms. The fourth-order valence-corrected chi connectivity index (χ4v) is 1.30. The SMILES string of the molecule is CON(C)C(=O)[C@H]1COC[C@H]1C. The van der Waals surface area contributed by atoms with Crippen molar-refractivity contribution < 1.29 is 14.4 Å². The molecule has 1 fully saturated rings. The van der Waals surface area contributed by atoms with E-state index in [4.69, 9.17) is 9.57 Å². The average Bonchev–Trinajstić information content (AvgIpc) is 2.48. The Morgan fingerprint density at radius 2 is 2.25 bits per heavy atom. The van der Waals surface area contributed by atoms with Gasteiger partial charge in [-0.2, -0.15) is 0 Å². The molecule has 1 rings (SSSR count). The maximum atomic E-state index is 11.5. The molecule has 0 aliphatic carbocycles. The molecule has 0 spiro atoms. The Morgan fingerprint density at radius 1 is 1.58 bits per heavy atom. The molecule has 0 aromatic heterocycles. The standard InChI is InChI=1S/C8H15NO3/c1-6-4-12-5-7(6)8(10)9(2)11-3/h6-7H,4-5H2,1-3H3/t6-,7+/m1/s1. The van der Waals surface area contributed by atoms with Gasteiger partial charge in [0.1, 0.15) is 0 Å². The van der Waals surface area contributed by atoms with Gasteiger partial charge >= 0.3 is 0 Å². The van der Waals surface area contributed by atoms with Crippen LogP contribution in [-0.2, 0) is 14.4 Å². The fraction of sp³-hybridized carbons (Fsp3) is 0.875. The molecule has 4 heteroatoms. The Balaban J connectivity index is 2.51. The van der Waals surface area contributed by atoms with E-state index in [1.54, 1.807) is 7.05 Å². The number of hydroxylamine groups is 2. The van der Waals surface area contributed by atoms with Crippen LogP contribution in [0.25, 0.3) is 0 Å². The topological polar surface area (TPSA) is 38.8 Å². The van der Waals surface area contributed by atoms with Crippen LogP contribution in [0.5, 0.6) is 0 Å². The number of amides is 1. The van der Waals surface area contributed by atoms with Gasteiger partial charge in [0.25, 0.3) is 5.91 Å². The molecule has 4 nitrogen and oxygen atoms in total. The largest absolute Gasteiger partial charge is 0.380 e. The summed E-state index contributed by atoms with van der Waals surface area (Å²) in [5.41, 5.74) is 0. The van der Waals surface area contributed by atoms with Crippen molar-refractivity contribution in [3.63, 3.8) is 0 Å². The molecule has 0 radical (unpaired) electrons. The average molecular weight is 173 g/mol. The highest BCUT2D eigenvalue weighted by Gasteiger charge is 2.32. The summed E-state index contributed by atoms with van der Waals surface area (Å²) >= 11 is 0. The molecule has 1 aliphatic rings. The van der Waals surface area contributed by atoms with Gasteiger partial charge in [0, 0.05) is 7.05 Å². The minimum Gasteiger partial charge on any atom is -0.380 e. The highest BCUT2D eigenvalue weighted by molar-refractivity contribution is 5.78. The van der Waals surface area contributed by atoms with Crippen molar-refractivity contribution >= 4 is 5.91 Å². The van der Waals surface area contributed by atoms with Crippen LogP contribution in [-0.4, -0.2) is 38.3 Å². The Kier molecular flexibility index (Phi) is 3.05. The van der Waals surface area contributed by atoms with E-state index in [1.165, 1.54) is 12.2 Å². The number of carbonyl (C=O) groups is 1. The molecule has 0 unspecified atom stereocenters. The molecular weight excluding hydrogens is 158 g/mol. The van der Waals surface area contributed by atoms with Gasteiger partial charge < -0.3 is 4.74 Å². The van der Waals surface area contributed by atoms with Crippen LogP contribution in [0.1, 0.15) is 6.92 Å². The van der Waals surface area contributed by atoms with Gasteiger partial charge in [-0.15, -0.1) is 0 Å². The Labute approximate surface area is 72.4 Å². The van der Waals surface area contributed by atoms with Crippen molar-refractivity contribution in [1.29, 1.82) is 0 Å². The van der Waals surface area contributed by atoms with E-state index in [1.807, 2.05) is 6.92 Å². The van der Waals surface area contributed by atoms with E-state index in [0.717, 1.165) is 0 Å². The van der Waals surface area contributed by atoms with Gasteiger partial charge in [0.2, 0.25) is 0 Å². The summed E-state index contributed by atoms with van der Waals surface area (Å²) in [5.74, 6) is 0.271. The normalized spacial score (nSPS) is 28.9. The molecule has 0 saturated carbocycles. The molecule has 0 bridgehead atoms. The summed E-state index contributed by atoms with van der Waals surface area (Å²) in [4.78, 5) is 16.3. The monoisotopic (exact) mass is 173 g/mol. The molecular formula is C8H15NO3. The van der Waals surface area contributed by atoms with E-state index < -0.39 is 0 Å². The number of nitrogens with zero attached hydrogens (tertiary/aromatic N) is 1. The molecule has 2 atom stereocenters. The summed E-state index contributed by atoms with van der Waals surface area (Å²) in [6.45, 7) is 3.21. The van der Waals surface area contributed by atoms with Gasteiger partial charge in [0.05, 0.1) is 26.2 Å². The van der Waals surface area contributed by atoms with Crippen LogP contribution in [0.3, 0.4) is 0 Å². The molecule has 1 aliphatic heterocycles. The molecule has 70 valence electrons.